The highest BCUT2D eigenvalue weighted by Gasteiger charge is 1.98. The molecule has 1 radical (unpaired) electrons. The third-order valence-electron chi connectivity index (χ3n) is 1.11. The Balaban J connectivity index is 2.67. The van der Waals surface area contributed by atoms with E-state index in [1.165, 1.54) is 6.20 Å². The number of nitrogens with zero attached hydrogens (tertiary/aromatic N) is 2. The zero-order chi connectivity index (χ0) is 8.81. The zero-order valence-electron chi connectivity index (χ0n) is 7.20. The van der Waals surface area contributed by atoms with Crippen molar-refractivity contribution in [2.75, 3.05) is 13.2 Å². The molecule has 0 saturated carbocycles. The van der Waals surface area contributed by atoms with Crippen molar-refractivity contribution in [3.63, 3.8) is 0 Å². The van der Waals surface area contributed by atoms with E-state index in [1.54, 1.807) is 0 Å². The lowest BCUT2D eigenvalue weighted by molar-refractivity contribution is 0.288. The second-order valence-corrected chi connectivity index (χ2v) is 1.97. The maximum absolute atomic E-state index is 5.11. The van der Waals surface area contributed by atoms with Gasteiger partial charge in [0.2, 0.25) is 5.88 Å². The Hall–Kier alpha value is -1.32. The van der Waals surface area contributed by atoms with E-state index in [9.17, 15) is 0 Å². The first-order valence-corrected chi connectivity index (χ1v) is 3.87. The Morgan fingerprint density at radius 3 is 2.75 bits per heavy atom. The highest BCUT2D eigenvalue weighted by atomic mass is 16.5. The molecular formula is C8H11N2O2. The molecular weight excluding hydrogens is 156 g/mol. The van der Waals surface area contributed by atoms with Crippen molar-refractivity contribution in [1.82, 2.24) is 9.97 Å². The van der Waals surface area contributed by atoms with E-state index < -0.39 is 0 Å². The summed E-state index contributed by atoms with van der Waals surface area (Å²) in [6.07, 6.45) is 1.49. The van der Waals surface area contributed by atoms with Crippen LogP contribution in [0.5, 0.6) is 11.9 Å². The summed E-state index contributed by atoms with van der Waals surface area (Å²) in [4.78, 5) is 7.78. The van der Waals surface area contributed by atoms with Crippen molar-refractivity contribution in [3.8, 4) is 11.9 Å². The minimum absolute atomic E-state index is 0.333. The molecule has 1 aromatic rings. The summed E-state index contributed by atoms with van der Waals surface area (Å²) in [5.74, 6) is 0.427. The van der Waals surface area contributed by atoms with E-state index >= 15 is 0 Å². The van der Waals surface area contributed by atoms with Gasteiger partial charge in [-0.3, -0.25) is 0 Å². The molecule has 0 saturated heterocycles. The Morgan fingerprint density at radius 2 is 2.08 bits per heavy atom. The predicted molar refractivity (Wildman–Crippen MR) is 43.2 cm³/mol. The lowest BCUT2D eigenvalue weighted by Gasteiger charge is -2.02. The van der Waals surface area contributed by atoms with Crippen LogP contribution in [0.25, 0.3) is 0 Å². The first-order chi connectivity index (χ1) is 5.86. The molecule has 0 aliphatic carbocycles. The molecule has 4 nitrogen and oxygen atoms in total. The molecule has 1 heterocycles. The van der Waals surface area contributed by atoms with E-state index in [0.29, 0.717) is 25.1 Å². The quantitative estimate of drug-likeness (QED) is 0.673. The van der Waals surface area contributed by atoms with Crippen molar-refractivity contribution in [2.24, 2.45) is 0 Å². The average molecular weight is 167 g/mol. The van der Waals surface area contributed by atoms with Crippen LogP contribution in [0.3, 0.4) is 0 Å². The van der Waals surface area contributed by atoms with Gasteiger partial charge in [-0.2, -0.15) is 4.98 Å². The number of ether oxygens (including phenoxy) is 2. The maximum Gasteiger partial charge on any atom is 0.319 e. The van der Waals surface area contributed by atoms with Crippen molar-refractivity contribution >= 4 is 0 Å². The Labute approximate surface area is 71.6 Å². The molecule has 4 heteroatoms. The molecule has 0 unspecified atom stereocenters. The molecule has 0 bridgehead atoms. The van der Waals surface area contributed by atoms with Crippen molar-refractivity contribution in [2.45, 2.75) is 13.8 Å². The highest BCUT2D eigenvalue weighted by molar-refractivity contribution is 5.09. The van der Waals surface area contributed by atoms with Gasteiger partial charge >= 0.3 is 6.01 Å². The van der Waals surface area contributed by atoms with E-state index in [4.69, 9.17) is 9.47 Å². The number of rotatable bonds is 4. The maximum atomic E-state index is 5.11. The van der Waals surface area contributed by atoms with Gasteiger partial charge in [-0.05, 0) is 13.8 Å². The monoisotopic (exact) mass is 167 g/mol. The van der Waals surface area contributed by atoms with Gasteiger partial charge in [-0.25, -0.2) is 4.98 Å². The minimum atomic E-state index is 0.333. The van der Waals surface area contributed by atoms with Gasteiger partial charge in [0.1, 0.15) is 0 Å². The molecule has 0 amide bonds. The Kier molecular flexibility index (Phi) is 3.32. The molecule has 12 heavy (non-hydrogen) atoms. The largest absolute Gasteiger partial charge is 0.477 e. The fraction of sp³-hybridized carbons (Fsp3) is 0.500. The molecule has 65 valence electrons. The smallest absolute Gasteiger partial charge is 0.319 e. The van der Waals surface area contributed by atoms with E-state index in [-0.39, 0.29) is 0 Å². The van der Waals surface area contributed by atoms with Crippen LogP contribution in [-0.2, 0) is 0 Å². The molecule has 0 aromatic carbocycles. The topological polar surface area (TPSA) is 44.2 Å². The van der Waals surface area contributed by atoms with Crippen LogP contribution in [0.2, 0.25) is 0 Å². The van der Waals surface area contributed by atoms with Gasteiger partial charge in [0.25, 0.3) is 0 Å². The van der Waals surface area contributed by atoms with Gasteiger partial charge in [-0.15, -0.1) is 0 Å². The number of hydrogen-bond donors (Lipinski definition) is 0. The van der Waals surface area contributed by atoms with Crippen LogP contribution in [0, 0.1) is 6.07 Å². The first kappa shape index (κ1) is 8.77. The normalized spacial score (nSPS) is 9.50. The third kappa shape index (κ3) is 2.38. The summed E-state index contributed by atoms with van der Waals surface area (Å²) >= 11 is 0. The highest BCUT2D eigenvalue weighted by Crippen LogP contribution is 2.08. The Morgan fingerprint density at radius 1 is 1.33 bits per heavy atom. The lowest BCUT2D eigenvalue weighted by atomic mass is 10.6. The number of aromatic nitrogens is 2. The van der Waals surface area contributed by atoms with E-state index in [2.05, 4.69) is 16.0 Å². The molecule has 0 aliphatic rings. The molecule has 1 aromatic heterocycles. The molecule has 0 fully saturated rings. The molecule has 0 N–H and O–H groups in total. The summed E-state index contributed by atoms with van der Waals surface area (Å²) < 4.78 is 10.2. The summed E-state index contributed by atoms with van der Waals surface area (Å²) in [6.45, 7) is 4.88. The second kappa shape index (κ2) is 4.54. The van der Waals surface area contributed by atoms with Crippen LogP contribution in [0.4, 0.5) is 0 Å². The van der Waals surface area contributed by atoms with Crippen molar-refractivity contribution in [1.29, 1.82) is 0 Å². The summed E-state index contributed by atoms with van der Waals surface area (Å²) in [5, 5.41) is 0. The second-order valence-electron chi connectivity index (χ2n) is 1.97. The summed E-state index contributed by atoms with van der Waals surface area (Å²) in [7, 11) is 0. The minimum Gasteiger partial charge on any atom is -0.477 e. The van der Waals surface area contributed by atoms with Crippen molar-refractivity contribution in [3.05, 3.63) is 12.3 Å². The fourth-order valence-electron chi connectivity index (χ4n) is 0.700. The summed E-state index contributed by atoms with van der Waals surface area (Å²) in [6, 6.07) is 3.08. The zero-order valence-corrected chi connectivity index (χ0v) is 7.20. The first-order valence-electron chi connectivity index (χ1n) is 3.87. The van der Waals surface area contributed by atoms with Crippen LogP contribution in [0.1, 0.15) is 13.8 Å². The lowest BCUT2D eigenvalue weighted by Crippen LogP contribution is -2.00. The predicted octanol–water partition coefficient (Wildman–Crippen LogP) is 1.07. The Bertz CT molecular complexity index is 219. The summed E-state index contributed by atoms with van der Waals surface area (Å²) in [5.41, 5.74) is 0. The van der Waals surface area contributed by atoms with Crippen LogP contribution < -0.4 is 9.47 Å². The fourth-order valence-corrected chi connectivity index (χ4v) is 0.700. The van der Waals surface area contributed by atoms with E-state index in [0.717, 1.165) is 0 Å². The molecule has 0 atom stereocenters. The van der Waals surface area contributed by atoms with Gasteiger partial charge in [0.15, 0.2) is 0 Å². The van der Waals surface area contributed by atoms with E-state index in [1.807, 2.05) is 13.8 Å². The van der Waals surface area contributed by atoms with Crippen molar-refractivity contribution < 1.29 is 9.47 Å². The molecule has 0 spiro atoms. The van der Waals surface area contributed by atoms with Gasteiger partial charge in [0.05, 0.1) is 19.3 Å². The molecule has 1 rings (SSSR count). The standard InChI is InChI=1S/C8H11N2O2/c1-3-11-7-5-6-9-8(10-7)12-4-2/h6H,3-4H2,1-2H3. The SMILES string of the molecule is CCOc1[c]cnc(OCC)n1. The molecule has 0 aliphatic heterocycles. The van der Waals surface area contributed by atoms with Crippen LogP contribution in [0.15, 0.2) is 6.20 Å². The van der Waals surface area contributed by atoms with Gasteiger partial charge < -0.3 is 9.47 Å². The van der Waals surface area contributed by atoms with Gasteiger partial charge in [-0.1, -0.05) is 0 Å². The average Bonchev–Trinajstić information content (AvgIpc) is 2.06. The number of hydrogen-bond acceptors (Lipinski definition) is 4. The van der Waals surface area contributed by atoms with Crippen LogP contribution in [-0.4, -0.2) is 23.2 Å². The third-order valence-corrected chi connectivity index (χ3v) is 1.11. The van der Waals surface area contributed by atoms with Gasteiger partial charge in [0, 0.05) is 6.20 Å². The van der Waals surface area contributed by atoms with Crippen LogP contribution >= 0.6 is 0 Å².